The number of aryl methyl sites for hydroxylation is 1. The van der Waals surface area contributed by atoms with Crippen LogP contribution >= 0.6 is 0 Å². The standard InChI is InChI=1S/C13H15N3O3/c1-9-11-6-5-10(16(17)18)8-12(11)15(14-9)13-4-2-3-7-19-13/h5-6,8,13H,2-4,7H2,1H3. The average Bonchev–Trinajstić information content (AvgIpc) is 2.77. The third-order valence-electron chi connectivity index (χ3n) is 3.51. The molecule has 6 nitrogen and oxygen atoms in total. The molecule has 0 amide bonds. The van der Waals surface area contributed by atoms with Gasteiger partial charge in [-0.25, -0.2) is 4.68 Å². The molecule has 0 radical (unpaired) electrons. The summed E-state index contributed by atoms with van der Waals surface area (Å²) in [5.41, 5.74) is 1.74. The molecule has 1 aromatic carbocycles. The number of benzene rings is 1. The molecule has 1 aliphatic heterocycles. The van der Waals surface area contributed by atoms with Gasteiger partial charge in [-0.15, -0.1) is 0 Å². The SMILES string of the molecule is Cc1nn(C2CCCCO2)c2cc([N+](=O)[O-])ccc12. The highest BCUT2D eigenvalue weighted by Gasteiger charge is 2.21. The van der Waals surface area contributed by atoms with Gasteiger partial charge in [-0.2, -0.15) is 5.10 Å². The molecule has 1 atom stereocenters. The van der Waals surface area contributed by atoms with Crippen LogP contribution in [0.15, 0.2) is 18.2 Å². The summed E-state index contributed by atoms with van der Waals surface area (Å²) in [5, 5.41) is 16.3. The number of ether oxygens (including phenoxy) is 1. The van der Waals surface area contributed by atoms with E-state index in [1.807, 2.05) is 6.92 Å². The first-order chi connectivity index (χ1) is 9.16. The molecule has 0 saturated carbocycles. The summed E-state index contributed by atoms with van der Waals surface area (Å²) >= 11 is 0. The highest BCUT2D eigenvalue weighted by molar-refractivity contribution is 5.84. The lowest BCUT2D eigenvalue weighted by atomic mass is 10.1. The van der Waals surface area contributed by atoms with Gasteiger partial charge in [-0.05, 0) is 32.3 Å². The fourth-order valence-electron chi connectivity index (χ4n) is 2.53. The molecule has 1 fully saturated rings. The van der Waals surface area contributed by atoms with Gasteiger partial charge in [0.15, 0.2) is 6.23 Å². The minimum Gasteiger partial charge on any atom is -0.356 e. The molecule has 100 valence electrons. The summed E-state index contributed by atoms with van der Waals surface area (Å²) < 4.78 is 7.50. The van der Waals surface area contributed by atoms with Crippen molar-refractivity contribution in [2.75, 3.05) is 6.61 Å². The Morgan fingerprint density at radius 3 is 3.00 bits per heavy atom. The first kappa shape index (κ1) is 12.1. The smallest absolute Gasteiger partial charge is 0.271 e. The second-order valence-corrected chi connectivity index (χ2v) is 4.81. The largest absolute Gasteiger partial charge is 0.356 e. The average molecular weight is 261 g/mol. The zero-order valence-corrected chi connectivity index (χ0v) is 10.7. The number of nitro benzene ring substituents is 1. The first-order valence-corrected chi connectivity index (χ1v) is 6.41. The fraction of sp³-hybridized carbons (Fsp3) is 0.462. The third-order valence-corrected chi connectivity index (χ3v) is 3.51. The lowest BCUT2D eigenvalue weighted by molar-refractivity contribution is -0.384. The van der Waals surface area contributed by atoms with E-state index in [1.54, 1.807) is 16.8 Å². The van der Waals surface area contributed by atoms with E-state index in [1.165, 1.54) is 6.07 Å². The van der Waals surface area contributed by atoms with Gasteiger partial charge < -0.3 is 4.74 Å². The van der Waals surface area contributed by atoms with Crippen LogP contribution in [0.2, 0.25) is 0 Å². The van der Waals surface area contributed by atoms with E-state index >= 15 is 0 Å². The van der Waals surface area contributed by atoms with Crippen LogP contribution in [0.25, 0.3) is 10.9 Å². The third kappa shape index (κ3) is 2.08. The lowest BCUT2D eigenvalue weighted by Crippen LogP contribution is -2.19. The van der Waals surface area contributed by atoms with E-state index < -0.39 is 0 Å². The van der Waals surface area contributed by atoms with Gasteiger partial charge in [0.05, 0.1) is 16.1 Å². The summed E-state index contributed by atoms with van der Waals surface area (Å²) in [6.45, 7) is 2.63. The Morgan fingerprint density at radius 1 is 1.47 bits per heavy atom. The van der Waals surface area contributed by atoms with E-state index in [4.69, 9.17) is 4.74 Å². The molecule has 2 aromatic rings. The van der Waals surface area contributed by atoms with Crippen LogP contribution in [-0.2, 0) is 4.74 Å². The maximum absolute atomic E-state index is 10.9. The first-order valence-electron chi connectivity index (χ1n) is 6.41. The molecule has 1 saturated heterocycles. The molecule has 1 unspecified atom stereocenters. The van der Waals surface area contributed by atoms with Gasteiger partial charge in [0.25, 0.3) is 5.69 Å². The molecule has 0 spiro atoms. The normalized spacial score (nSPS) is 19.7. The second-order valence-electron chi connectivity index (χ2n) is 4.81. The fourth-order valence-corrected chi connectivity index (χ4v) is 2.53. The minimum absolute atomic E-state index is 0.0875. The van der Waals surface area contributed by atoms with Gasteiger partial charge in [0, 0.05) is 24.1 Å². The Balaban J connectivity index is 2.12. The van der Waals surface area contributed by atoms with Crippen molar-refractivity contribution in [3.8, 4) is 0 Å². The molecular formula is C13H15N3O3. The van der Waals surface area contributed by atoms with Gasteiger partial charge in [0.1, 0.15) is 0 Å². The molecule has 0 N–H and O–H groups in total. The minimum atomic E-state index is -0.381. The Bertz CT molecular complexity index is 629. The Hall–Kier alpha value is -1.95. The molecule has 1 aliphatic rings. The van der Waals surface area contributed by atoms with Crippen molar-refractivity contribution < 1.29 is 9.66 Å². The van der Waals surface area contributed by atoms with Crippen LogP contribution in [0.1, 0.15) is 31.2 Å². The maximum atomic E-state index is 10.9. The number of nitro groups is 1. The van der Waals surface area contributed by atoms with Gasteiger partial charge >= 0.3 is 0 Å². The zero-order chi connectivity index (χ0) is 13.4. The predicted molar refractivity (Wildman–Crippen MR) is 70.0 cm³/mol. The van der Waals surface area contributed by atoms with Crippen LogP contribution in [0.4, 0.5) is 5.69 Å². The maximum Gasteiger partial charge on any atom is 0.271 e. The van der Waals surface area contributed by atoms with Crippen molar-refractivity contribution in [1.29, 1.82) is 0 Å². The molecule has 19 heavy (non-hydrogen) atoms. The van der Waals surface area contributed by atoms with Gasteiger partial charge in [-0.3, -0.25) is 10.1 Å². The van der Waals surface area contributed by atoms with Crippen molar-refractivity contribution in [1.82, 2.24) is 9.78 Å². The van der Waals surface area contributed by atoms with E-state index in [0.29, 0.717) is 0 Å². The molecule has 3 rings (SSSR count). The Labute approximate surface area is 110 Å². The van der Waals surface area contributed by atoms with Gasteiger partial charge in [-0.1, -0.05) is 0 Å². The van der Waals surface area contributed by atoms with Crippen molar-refractivity contribution >= 4 is 16.6 Å². The number of nitrogens with zero attached hydrogens (tertiary/aromatic N) is 3. The second kappa shape index (κ2) is 4.62. The van der Waals surface area contributed by atoms with E-state index in [2.05, 4.69) is 5.10 Å². The van der Waals surface area contributed by atoms with Crippen molar-refractivity contribution in [3.63, 3.8) is 0 Å². The summed E-state index contributed by atoms with van der Waals surface area (Å²) in [4.78, 5) is 10.5. The van der Waals surface area contributed by atoms with E-state index in [-0.39, 0.29) is 16.8 Å². The molecule has 1 aromatic heterocycles. The van der Waals surface area contributed by atoms with Crippen LogP contribution in [-0.4, -0.2) is 21.3 Å². The summed E-state index contributed by atoms with van der Waals surface area (Å²) in [6, 6.07) is 4.85. The number of hydrogen-bond donors (Lipinski definition) is 0. The highest BCUT2D eigenvalue weighted by Crippen LogP contribution is 2.29. The highest BCUT2D eigenvalue weighted by atomic mass is 16.6. The zero-order valence-electron chi connectivity index (χ0n) is 10.7. The van der Waals surface area contributed by atoms with Crippen molar-refractivity contribution in [2.24, 2.45) is 0 Å². The number of rotatable bonds is 2. The summed E-state index contributed by atoms with van der Waals surface area (Å²) in [5.74, 6) is 0. The molecule has 2 heterocycles. The quantitative estimate of drug-likeness (QED) is 0.615. The van der Waals surface area contributed by atoms with E-state index in [0.717, 1.165) is 42.5 Å². The molecular weight excluding hydrogens is 246 g/mol. The van der Waals surface area contributed by atoms with Crippen LogP contribution in [0, 0.1) is 17.0 Å². The number of non-ortho nitro benzene ring substituents is 1. The summed E-state index contributed by atoms with van der Waals surface area (Å²) in [6.07, 6.45) is 2.96. The van der Waals surface area contributed by atoms with Crippen LogP contribution in [0.5, 0.6) is 0 Å². The Kier molecular flexibility index (Phi) is 2.94. The van der Waals surface area contributed by atoms with Crippen molar-refractivity contribution in [3.05, 3.63) is 34.0 Å². The number of aromatic nitrogens is 2. The topological polar surface area (TPSA) is 70.2 Å². The van der Waals surface area contributed by atoms with Crippen molar-refractivity contribution in [2.45, 2.75) is 32.4 Å². The van der Waals surface area contributed by atoms with Crippen LogP contribution in [0.3, 0.4) is 0 Å². The van der Waals surface area contributed by atoms with Crippen LogP contribution < -0.4 is 0 Å². The predicted octanol–water partition coefficient (Wildman–Crippen LogP) is 2.95. The monoisotopic (exact) mass is 261 g/mol. The molecule has 6 heteroatoms. The number of fused-ring (bicyclic) bond motifs is 1. The lowest BCUT2D eigenvalue weighted by Gasteiger charge is -2.23. The Morgan fingerprint density at radius 2 is 2.32 bits per heavy atom. The summed E-state index contributed by atoms with van der Waals surface area (Å²) in [7, 11) is 0. The molecule has 0 bridgehead atoms. The number of hydrogen-bond acceptors (Lipinski definition) is 4. The van der Waals surface area contributed by atoms with E-state index in [9.17, 15) is 10.1 Å². The van der Waals surface area contributed by atoms with Gasteiger partial charge in [0.2, 0.25) is 0 Å². The molecule has 0 aliphatic carbocycles.